The summed E-state index contributed by atoms with van der Waals surface area (Å²) in [5, 5.41) is 0. The fourth-order valence-corrected chi connectivity index (χ4v) is 3.37. The summed E-state index contributed by atoms with van der Waals surface area (Å²) < 4.78 is 5.07. The molecule has 1 atom stereocenters. The van der Waals surface area contributed by atoms with Gasteiger partial charge in [0.2, 0.25) is 0 Å². The lowest BCUT2D eigenvalue weighted by Gasteiger charge is -2.42. The lowest BCUT2D eigenvalue weighted by Crippen LogP contribution is -2.51. The molecule has 3 rings (SSSR count). The van der Waals surface area contributed by atoms with E-state index in [1.54, 1.807) is 6.92 Å². The Kier molecular flexibility index (Phi) is 3.81. The van der Waals surface area contributed by atoms with E-state index in [1.807, 2.05) is 19.1 Å². The summed E-state index contributed by atoms with van der Waals surface area (Å²) >= 11 is 0. The van der Waals surface area contributed by atoms with E-state index in [0.29, 0.717) is 12.6 Å². The van der Waals surface area contributed by atoms with Gasteiger partial charge in [-0.3, -0.25) is 14.5 Å². The highest BCUT2D eigenvalue weighted by molar-refractivity contribution is 5.94. The van der Waals surface area contributed by atoms with E-state index in [0.717, 1.165) is 31.5 Å². The molecule has 1 aromatic rings. The average Bonchev–Trinajstić information content (AvgIpc) is 2.80. The lowest BCUT2D eigenvalue weighted by atomic mass is 9.94. The molecule has 0 aromatic heterocycles. The normalized spacial score (nSPS) is 21.7. The number of ketones is 1. The molecule has 4 nitrogen and oxygen atoms in total. The van der Waals surface area contributed by atoms with Crippen LogP contribution in [0.25, 0.3) is 0 Å². The van der Waals surface area contributed by atoms with E-state index in [4.69, 9.17) is 4.74 Å². The van der Waals surface area contributed by atoms with Crippen molar-refractivity contribution in [2.75, 3.05) is 19.7 Å². The third kappa shape index (κ3) is 2.60. The molecule has 1 fully saturated rings. The summed E-state index contributed by atoms with van der Waals surface area (Å²) in [5.74, 6) is 0.0805. The molecule has 1 aliphatic heterocycles. The number of Topliss-reactive ketones (excluding diaryl/α,β-unsaturated/α-hetero) is 1. The van der Waals surface area contributed by atoms with Crippen LogP contribution in [0.4, 0.5) is 0 Å². The average molecular weight is 287 g/mol. The van der Waals surface area contributed by atoms with Crippen molar-refractivity contribution in [3.8, 4) is 0 Å². The predicted octanol–water partition coefficient (Wildman–Crippen LogP) is 2.37. The minimum absolute atomic E-state index is 0.0329. The Bertz CT molecular complexity index is 575. The molecular formula is C17H21NO3. The van der Waals surface area contributed by atoms with Gasteiger partial charge in [0.05, 0.1) is 12.5 Å². The van der Waals surface area contributed by atoms with Crippen LogP contribution in [-0.4, -0.2) is 36.3 Å². The first-order valence-electron chi connectivity index (χ1n) is 7.64. The quantitative estimate of drug-likeness (QED) is 0.630. The molecule has 21 heavy (non-hydrogen) atoms. The van der Waals surface area contributed by atoms with Gasteiger partial charge in [-0.25, -0.2) is 0 Å². The van der Waals surface area contributed by atoms with Gasteiger partial charge in [0, 0.05) is 24.7 Å². The van der Waals surface area contributed by atoms with Crippen LogP contribution in [-0.2, 0) is 16.0 Å². The van der Waals surface area contributed by atoms with Crippen molar-refractivity contribution in [2.24, 2.45) is 5.92 Å². The first kappa shape index (κ1) is 14.3. The number of benzene rings is 1. The highest BCUT2D eigenvalue weighted by atomic mass is 16.5. The number of likely N-dealkylation sites (tertiary alicyclic amines) is 1. The summed E-state index contributed by atoms with van der Waals surface area (Å²) in [5.41, 5.74) is 3.40. The summed E-state index contributed by atoms with van der Waals surface area (Å²) in [6, 6.07) is 6.43. The van der Waals surface area contributed by atoms with Gasteiger partial charge in [-0.05, 0) is 43.9 Å². The van der Waals surface area contributed by atoms with Crippen molar-refractivity contribution in [1.82, 2.24) is 4.90 Å². The lowest BCUT2D eigenvalue weighted by molar-refractivity contribution is -0.155. The molecule has 0 saturated carbocycles. The van der Waals surface area contributed by atoms with Crippen LogP contribution in [0, 0.1) is 5.92 Å². The van der Waals surface area contributed by atoms with Crippen molar-refractivity contribution in [3.05, 3.63) is 34.9 Å². The van der Waals surface area contributed by atoms with E-state index >= 15 is 0 Å². The van der Waals surface area contributed by atoms with Gasteiger partial charge < -0.3 is 4.74 Å². The number of fused-ring (bicyclic) bond motifs is 1. The second-order valence-corrected chi connectivity index (χ2v) is 5.93. The number of hydrogen-bond acceptors (Lipinski definition) is 4. The van der Waals surface area contributed by atoms with Crippen LogP contribution in [0.3, 0.4) is 0 Å². The van der Waals surface area contributed by atoms with E-state index in [1.165, 1.54) is 11.1 Å². The van der Waals surface area contributed by atoms with E-state index in [-0.39, 0.29) is 17.7 Å². The van der Waals surface area contributed by atoms with Crippen molar-refractivity contribution in [2.45, 2.75) is 32.7 Å². The third-order valence-electron chi connectivity index (χ3n) is 4.57. The Morgan fingerprint density at radius 2 is 2.10 bits per heavy atom. The molecule has 2 aliphatic rings. The van der Waals surface area contributed by atoms with Gasteiger partial charge in [0.15, 0.2) is 5.78 Å². The highest BCUT2D eigenvalue weighted by Crippen LogP contribution is 2.39. The maximum atomic E-state index is 11.7. The van der Waals surface area contributed by atoms with Gasteiger partial charge in [-0.1, -0.05) is 12.1 Å². The van der Waals surface area contributed by atoms with Crippen LogP contribution in [0.15, 0.2) is 18.2 Å². The van der Waals surface area contributed by atoms with Crippen molar-refractivity contribution in [1.29, 1.82) is 0 Å². The van der Waals surface area contributed by atoms with Crippen LogP contribution >= 0.6 is 0 Å². The Labute approximate surface area is 125 Å². The summed E-state index contributed by atoms with van der Waals surface area (Å²) in [4.78, 5) is 25.5. The van der Waals surface area contributed by atoms with Crippen LogP contribution in [0.5, 0.6) is 0 Å². The highest BCUT2D eigenvalue weighted by Gasteiger charge is 2.40. The minimum atomic E-state index is -0.0705. The number of carbonyl (C=O) groups excluding carboxylic acids is 2. The second-order valence-electron chi connectivity index (χ2n) is 5.93. The molecule has 0 bridgehead atoms. The smallest absolute Gasteiger partial charge is 0.311 e. The van der Waals surface area contributed by atoms with E-state index in [2.05, 4.69) is 11.0 Å². The van der Waals surface area contributed by atoms with Crippen molar-refractivity contribution < 1.29 is 14.3 Å². The van der Waals surface area contributed by atoms with Gasteiger partial charge in [-0.15, -0.1) is 0 Å². The molecule has 0 spiro atoms. The molecular weight excluding hydrogens is 266 g/mol. The Morgan fingerprint density at radius 3 is 2.76 bits per heavy atom. The molecule has 1 saturated heterocycles. The summed E-state index contributed by atoms with van der Waals surface area (Å²) in [7, 11) is 0. The van der Waals surface area contributed by atoms with Gasteiger partial charge in [-0.2, -0.15) is 0 Å². The van der Waals surface area contributed by atoms with E-state index in [9.17, 15) is 9.59 Å². The maximum absolute atomic E-state index is 11.7. The molecule has 1 aliphatic carbocycles. The molecule has 1 unspecified atom stereocenters. The monoisotopic (exact) mass is 287 g/mol. The number of ether oxygens (including phenoxy) is 1. The number of aryl methyl sites for hydroxylation is 1. The Hall–Kier alpha value is -1.68. The van der Waals surface area contributed by atoms with Crippen molar-refractivity contribution in [3.63, 3.8) is 0 Å². The Morgan fingerprint density at radius 1 is 1.33 bits per heavy atom. The van der Waals surface area contributed by atoms with Crippen molar-refractivity contribution >= 4 is 11.8 Å². The van der Waals surface area contributed by atoms with Gasteiger partial charge >= 0.3 is 5.97 Å². The standard InChI is InChI=1S/C17H21NO3/c1-3-21-17(20)14-9-18(10-14)16-7-5-13-8-12(11(2)19)4-6-15(13)16/h4,6,8,14,16H,3,5,7,9-10H2,1-2H3. The summed E-state index contributed by atoms with van der Waals surface area (Å²) in [6.07, 6.45) is 2.09. The predicted molar refractivity (Wildman–Crippen MR) is 79.2 cm³/mol. The maximum Gasteiger partial charge on any atom is 0.311 e. The van der Waals surface area contributed by atoms with E-state index < -0.39 is 0 Å². The number of esters is 1. The number of nitrogens with zero attached hydrogens (tertiary/aromatic N) is 1. The molecule has 0 amide bonds. The number of rotatable bonds is 4. The molecule has 112 valence electrons. The molecule has 1 heterocycles. The fraction of sp³-hybridized carbons (Fsp3) is 0.529. The molecule has 1 aromatic carbocycles. The Balaban J connectivity index is 1.67. The molecule has 0 N–H and O–H groups in total. The van der Waals surface area contributed by atoms with Gasteiger partial charge in [0.1, 0.15) is 0 Å². The number of carbonyl (C=O) groups is 2. The zero-order valence-corrected chi connectivity index (χ0v) is 12.6. The second kappa shape index (κ2) is 5.60. The summed E-state index contributed by atoms with van der Waals surface area (Å²) in [6.45, 7) is 5.48. The van der Waals surface area contributed by atoms with Crippen LogP contribution in [0.1, 0.15) is 47.8 Å². The fourth-order valence-electron chi connectivity index (χ4n) is 3.37. The first-order chi connectivity index (χ1) is 10.1. The number of hydrogen-bond donors (Lipinski definition) is 0. The van der Waals surface area contributed by atoms with Crippen LogP contribution in [0.2, 0.25) is 0 Å². The zero-order chi connectivity index (χ0) is 15.0. The minimum Gasteiger partial charge on any atom is -0.466 e. The van der Waals surface area contributed by atoms with Gasteiger partial charge in [0.25, 0.3) is 0 Å². The topological polar surface area (TPSA) is 46.6 Å². The third-order valence-corrected chi connectivity index (χ3v) is 4.57. The molecule has 4 heteroatoms. The molecule has 0 radical (unpaired) electrons. The zero-order valence-electron chi connectivity index (χ0n) is 12.6. The largest absolute Gasteiger partial charge is 0.466 e. The first-order valence-corrected chi connectivity index (χ1v) is 7.64. The SMILES string of the molecule is CCOC(=O)C1CN(C2CCc3cc(C(C)=O)ccc32)C1. The van der Waals surface area contributed by atoms with Crippen LogP contribution < -0.4 is 0 Å².